The Labute approximate surface area is 152 Å². The van der Waals surface area contributed by atoms with E-state index < -0.39 is 17.7 Å². The number of benzene rings is 2. The summed E-state index contributed by atoms with van der Waals surface area (Å²) in [4.78, 5) is 11.1. The normalized spacial score (nSPS) is 12.0. The van der Waals surface area contributed by atoms with Crippen LogP contribution in [-0.2, 0) is 11.0 Å². The molecule has 0 spiro atoms. The highest BCUT2D eigenvalue weighted by Gasteiger charge is 2.31. The van der Waals surface area contributed by atoms with Crippen molar-refractivity contribution in [3.05, 3.63) is 82.9 Å². The van der Waals surface area contributed by atoms with Crippen LogP contribution in [0.2, 0.25) is 5.02 Å². The molecule has 0 unspecified atom stereocenters. The number of hydrogen-bond acceptors (Lipinski definition) is 3. The molecule has 0 saturated carbocycles. The molecule has 8 heteroatoms. The minimum Gasteiger partial charge on any atom is -0.478 e. The third kappa shape index (κ3) is 4.65. The standard InChI is InChI=1S/C18H14ClF3N2O2/c1-11(17(25)26)8-16(12-4-2-6-14(19)9-12)24(23)15-7-3-5-13(10-15)18(20,21)22/h2-10H,1,23H2,(H,25,26)/b16-8-. The molecule has 2 rings (SSSR count). The summed E-state index contributed by atoms with van der Waals surface area (Å²) in [7, 11) is 0. The van der Waals surface area contributed by atoms with Gasteiger partial charge < -0.3 is 5.11 Å². The Kier molecular flexibility index (Phi) is 5.74. The Bertz CT molecular complexity index is 879. The van der Waals surface area contributed by atoms with Gasteiger partial charge in [0, 0.05) is 10.6 Å². The van der Waals surface area contributed by atoms with Crippen molar-refractivity contribution < 1.29 is 23.1 Å². The second kappa shape index (κ2) is 7.63. The van der Waals surface area contributed by atoms with E-state index >= 15 is 0 Å². The molecule has 2 aromatic rings. The van der Waals surface area contributed by atoms with Crippen LogP contribution in [0.3, 0.4) is 0 Å². The van der Waals surface area contributed by atoms with Crippen LogP contribution in [0, 0.1) is 0 Å². The van der Waals surface area contributed by atoms with E-state index in [1.54, 1.807) is 18.2 Å². The van der Waals surface area contributed by atoms with E-state index in [1.165, 1.54) is 18.2 Å². The Morgan fingerprint density at radius 3 is 2.42 bits per heavy atom. The minimum absolute atomic E-state index is 0.0178. The fourth-order valence-electron chi connectivity index (χ4n) is 2.14. The first-order valence-corrected chi connectivity index (χ1v) is 7.59. The van der Waals surface area contributed by atoms with Crippen molar-refractivity contribution in [2.75, 3.05) is 5.01 Å². The number of hydrogen-bond donors (Lipinski definition) is 2. The van der Waals surface area contributed by atoms with Gasteiger partial charge in [-0.2, -0.15) is 13.2 Å². The minimum atomic E-state index is -4.54. The van der Waals surface area contributed by atoms with E-state index in [9.17, 15) is 18.0 Å². The first kappa shape index (κ1) is 19.6. The molecule has 0 aliphatic heterocycles. The molecule has 0 aliphatic rings. The third-order valence-electron chi connectivity index (χ3n) is 3.42. The van der Waals surface area contributed by atoms with Gasteiger partial charge in [-0.1, -0.05) is 36.4 Å². The summed E-state index contributed by atoms with van der Waals surface area (Å²) in [5, 5.41) is 10.4. The number of carboxylic acid groups (broad SMARTS) is 1. The van der Waals surface area contributed by atoms with Gasteiger partial charge >= 0.3 is 12.1 Å². The largest absolute Gasteiger partial charge is 0.478 e. The third-order valence-corrected chi connectivity index (χ3v) is 3.65. The molecule has 0 atom stereocenters. The van der Waals surface area contributed by atoms with Gasteiger partial charge in [0.15, 0.2) is 0 Å². The zero-order chi connectivity index (χ0) is 19.5. The van der Waals surface area contributed by atoms with E-state index in [-0.39, 0.29) is 17.0 Å². The molecular formula is C18H14ClF3N2O2. The van der Waals surface area contributed by atoms with Gasteiger partial charge in [-0.05, 0) is 36.4 Å². The van der Waals surface area contributed by atoms with Crippen LogP contribution in [0.25, 0.3) is 5.70 Å². The maximum absolute atomic E-state index is 12.9. The first-order valence-electron chi connectivity index (χ1n) is 7.21. The van der Waals surface area contributed by atoms with Crippen LogP contribution in [0.5, 0.6) is 0 Å². The predicted octanol–water partition coefficient (Wildman–Crippen LogP) is 4.72. The van der Waals surface area contributed by atoms with Crippen molar-refractivity contribution in [3.8, 4) is 0 Å². The number of anilines is 1. The molecule has 136 valence electrons. The predicted molar refractivity (Wildman–Crippen MR) is 94.3 cm³/mol. The summed E-state index contributed by atoms with van der Waals surface area (Å²) >= 11 is 5.95. The maximum atomic E-state index is 12.9. The highest BCUT2D eigenvalue weighted by molar-refractivity contribution is 6.30. The summed E-state index contributed by atoms with van der Waals surface area (Å²) in [6, 6.07) is 10.7. The number of carbonyl (C=O) groups is 1. The van der Waals surface area contributed by atoms with Crippen molar-refractivity contribution in [3.63, 3.8) is 0 Å². The summed E-state index contributed by atoms with van der Waals surface area (Å²) in [5.41, 5.74) is -0.612. The summed E-state index contributed by atoms with van der Waals surface area (Å²) < 4.78 is 38.8. The SMILES string of the molecule is C=C(/C=C(/c1cccc(Cl)c1)N(N)c1cccc(C(F)(F)F)c1)C(=O)O. The van der Waals surface area contributed by atoms with Crippen molar-refractivity contribution >= 4 is 29.0 Å². The molecule has 0 amide bonds. The lowest BCUT2D eigenvalue weighted by Crippen LogP contribution is -2.29. The zero-order valence-corrected chi connectivity index (χ0v) is 14.1. The molecule has 3 N–H and O–H groups in total. The van der Waals surface area contributed by atoms with E-state index in [1.807, 2.05) is 0 Å². The molecule has 0 aliphatic carbocycles. The van der Waals surface area contributed by atoms with Crippen LogP contribution in [0.4, 0.5) is 18.9 Å². The Hall–Kier alpha value is -2.77. The Balaban J connectivity index is 2.55. The number of carboxylic acids is 1. The van der Waals surface area contributed by atoms with Crippen molar-refractivity contribution in [2.45, 2.75) is 6.18 Å². The number of alkyl halides is 3. The van der Waals surface area contributed by atoms with E-state index in [0.717, 1.165) is 23.2 Å². The van der Waals surface area contributed by atoms with Crippen LogP contribution in [0.15, 0.2) is 66.8 Å². The molecule has 2 aromatic carbocycles. The van der Waals surface area contributed by atoms with Gasteiger partial charge in [-0.25, -0.2) is 10.6 Å². The molecule has 4 nitrogen and oxygen atoms in total. The number of hydrazine groups is 1. The lowest BCUT2D eigenvalue weighted by atomic mass is 10.1. The first-order chi connectivity index (χ1) is 12.1. The zero-order valence-electron chi connectivity index (χ0n) is 13.3. The number of nitrogens with zero attached hydrogens (tertiary/aromatic N) is 1. The highest BCUT2D eigenvalue weighted by atomic mass is 35.5. The van der Waals surface area contributed by atoms with Gasteiger partial charge in [-0.3, -0.25) is 5.01 Å². The van der Waals surface area contributed by atoms with Gasteiger partial charge in [0.1, 0.15) is 0 Å². The van der Waals surface area contributed by atoms with E-state index in [4.69, 9.17) is 22.6 Å². The van der Waals surface area contributed by atoms with Gasteiger partial charge in [-0.15, -0.1) is 0 Å². The fraction of sp³-hybridized carbons (Fsp3) is 0.0556. The number of nitrogens with two attached hydrogens (primary N) is 1. The van der Waals surface area contributed by atoms with E-state index in [0.29, 0.717) is 10.6 Å². The Morgan fingerprint density at radius 2 is 1.85 bits per heavy atom. The summed E-state index contributed by atoms with van der Waals surface area (Å²) in [6.45, 7) is 3.40. The van der Waals surface area contributed by atoms with Crippen LogP contribution >= 0.6 is 11.6 Å². The maximum Gasteiger partial charge on any atom is 0.416 e. The number of rotatable bonds is 5. The topological polar surface area (TPSA) is 66.6 Å². The highest BCUT2D eigenvalue weighted by Crippen LogP contribution is 2.33. The summed E-state index contributed by atoms with van der Waals surface area (Å²) in [5.74, 6) is 4.71. The second-order valence-corrected chi connectivity index (χ2v) is 5.72. The summed E-state index contributed by atoms with van der Waals surface area (Å²) in [6.07, 6.45) is -3.38. The lowest BCUT2D eigenvalue weighted by Gasteiger charge is -2.24. The van der Waals surface area contributed by atoms with Gasteiger partial charge in [0.25, 0.3) is 0 Å². The van der Waals surface area contributed by atoms with Crippen molar-refractivity contribution in [1.82, 2.24) is 0 Å². The molecule has 0 bridgehead atoms. The van der Waals surface area contributed by atoms with Crippen molar-refractivity contribution in [1.29, 1.82) is 0 Å². The molecule has 0 radical (unpaired) electrons. The van der Waals surface area contributed by atoms with E-state index in [2.05, 4.69) is 6.58 Å². The van der Waals surface area contributed by atoms with Gasteiger partial charge in [0.05, 0.1) is 22.5 Å². The van der Waals surface area contributed by atoms with Crippen LogP contribution in [-0.4, -0.2) is 11.1 Å². The average Bonchev–Trinajstić information content (AvgIpc) is 2.58. The quantitative estimate of drug-likeness (QED) is 0.340. The van der Waals surface area contributed by atoms with Crippen LogP contribution in [0.1, 0.15) is 11.1 Å². The van der Waals surface area contributed by atoms with Crippen molar-refractivity contribution in [2.24, 2.45) is 5.84 Å². The lowest BCUT2D eigenvalue weighted by molar-refractivity contribution is -0.137. The molecule has 0 aromatic heterocycles. The molecular weight excluding hydrogens is 369 g/mol. The number of halogens is 4. The molecule has 0 heterocycles. The van der Waals surface area contributed by atoms with Crippen LogP contribution < -0.4 is 10.9 Å². The number of aliphatic carboxylic acids is 1. The fourth-order valence-corrected chi connectivity index (χ4v) is 2.33. The smallest absolute Gasteiger partial charge is 0.416 e. The molecule has 26 heavy (non-hydrogen) atoms. The average molecular weight is 383 g/mol. The molecule has 0 saturated heterocycles. The molecule has 0 fully saturated rings. The second-order valence-electron chi connectivity index (χ2n) is 5.29. The van der Waals surface area contributed by atoms with Gasteiger partial charge in [0.2, 0.25) is 0 Å². The monoisotopic (exact) mass is 382 g/mol. The Morgan fingerprint density at radius 1 is 1.19 bits per heavy atom.